The van der Waals surface area contributed by atoms with Gasteiger partial charge in [-0.1, -0.05) is 0 Å². The van der Waals surface area contributed by atoms with Crippen molar-refractivity contribution in [3.63, 3.8) is 0 Å². The van der Waals surface area contributed by atoms with Gasteiger partial charge < -0.3 is 19.7 Å². The Hall–Kier alpha value is -1.57. The van der Waals surface area contributed by atoms with E-state index >= 15 is 0 Å². The average Bonchev–Trinajstić information content (AvgIpc) is 2.87. The predicted octanol–water partition coefficient (Wildman–Crippen LogP) is 2.67. The molecule has 1 aromatic rings. The highest BCUT2D eigenvalue weighted by atomic mass is 79.9. The fourth-order valence-corrected chi connectivity index (χ4v) is 2.42. The van der Waals surface area contributed by atoms with Gasteiger partial charge in [0.1, 0.15) is 10.2 Å². The van der Waals surface area contributed by atoms with Gasteiger partial charge in [0.25, 0.3) is 5.88 Å². The number of hydrogen-bond acceptors (Lipinski definition) is 6. The van der Waals surface area contributed by atoms with Crippen molar-refractivity contribution in [2.75, 3.05) is 25.5 Å². The molecule has 0 spiro atoms. The number of nitrogens with one attached hydrogen (secondary N) is 1. The summed E-state index contributed by atoms with van der Waals surface area (Å²) in [4.78, 5) is 22.2. The van der Waals surface area contributed by atoms with E-state index in [1.54, 1.807) is 18.2 Å². The number of rotatable bonds is 3. The van der Waals surface area contributed by atoms with Crippen LogP contribution in [0.15, 0.2) is 10.8 Å². The fourth-order valence-electron chi connectivity index (χ4n) is 2.16. The van der Waals surface area contributed by atoms with Crippen LogP contribution in [0.3, 0.4) is 0 Å². The number of hydrogen-bond donors (Lipinski definition) is 1. The van der Waals surface area contributed by atoms with E-state index in [9.17, 15) is 4.79 Å². The Bertz CT molecular complexity index is 547. The maximum absolute atomic E-state index is 12.0. The minimum atomic E-state index is -0.483. The van der Waals surface area contributed by atoms with Crippen molar-refractivity contribution in [2.45, 2.75) is 38.8 Å². The fraction of sp³-hybridized carbons (Fsp3) is 0.643. The number of halogens is 1. The molecule has 1 saturated heterocycles. The molecular weight excluding hydrogens is 352 g/mol. The lowest BCUT2D eigenvalue weighted by Crippen LogP contribution is -2.36. The van der Waals surface area contributed by atoms with E-state index in [2.05, 4.69) is 31.2 Å². The van der Waals surface area contributed by atoms with Crippen LogP contribution in [-0.4, -0.2) is 52.8 Å². The van der Waals surface area contributed by atoms with Crippen molar-refractivity contribution < 1.29 is 14.3 Å². The van der Waals surface area contributed by atoms with Crippen LogP contribution in [0.1, 0.15) is 27.2 Å². The summed E-state index contributed by atoms with van der Waals surface area (Å²) in [6, 6.07) is 0.0943. The maximum Gasteiger partial charge on any atom is 0.410 e. The summed E-state index contributed by atoms with van der Waals surface area (Å²) in [5.41, 5.74) is -0.483. The number of carbonyl (C=O) groups is 1. The summed E-state index contributed by atoms with van der Waals surface area (Å²) in [5, 5.41) is 3.27. The van der Waals surface area contributed by atoms with Crippen LogP contribution >= 0.6 is 15.9 Å². The zero-order valence-electron chi connectivity index (χ0n) is 13.2. The standard InChI is InChI=1S/C14H21BrN4O3/c1-14(2,3)22-13(20)19-6-5-9(8-19)17-11-12(21-4)18-10(15)7-16-11/h7,9H,5-6,8H2,1-4H3,(H,16,17)/t9-/m0/s1. The molecule has 8 heteroatoms. The third kappa shape index (κ3) is 4.46. The van der Waals surface area contributed by atoms with Gasteiger partial charge in [0.15, 0.2) is 5.82 Å². The topological polar surface area (TPSA) is 76.6 Å². The van der Waals surface area contributed by atoms with Crippen molar-refractivity contribution in [1.29, 1.82) is 0 Å². The highest BCUT2D eigenvalue weighted by molar-refractivity contribution is 9.10. The molecule has 0 aliphatic carbocycles. The number of likely N-dealkylation sites (tertiary alicyclic amines) is 1. The van der Waals surface area contributed by atoms with Crippen LogP contribution in [0.5, 0.6) is 5.88 Å². The number of aromatic nitrogens is 2. The number of nitrogens with zero attached hydrogens (tertiary/aromatic N) is 3. The van der Waals surface area contributed by atoms with Crippen LogP contribution in [-0.2, 0) is 4.74 Å². The Morgan fingerprint density at radius 3 is 2.86 bits per heavy atom. The van der Waals surface area contributed by atoms with Crippen LogP contribution < -0.4 is 10.1 Å². The quantitative estimate of drug-likeness (QED) is 0.878. The molecule has 1 atom stereocenters. The van der Waals surface area contributed by atoms with Gasteiger partial charge in [-0.3, -0.25) is 0 Å². The van der Waals surface area contributed by atoms with E-state index in [0.717, 1.165) is 6.42 Å². The number of carbonyl (C=O) groups excluding carboxylic acids is 1. The highest BCUT2D eigenvalue weighted by Gasteiger charge is 2.30. The van der Waals surface area contributed by atoms with Gasteiger partial charge in [-0.25, -0.2) is 14.8 Å². The molecule has 0 bridgehead atoms. The summed E-state index contributed by atoms with van der Waals surface area (Å²) in [6.45, 7) is 6.80. The first kappa shape index (κ1) is 16.8. The van der Waals surface area contributed by atoms with Gasteiger partial charge in [0.05, 0.1) is 13.3 Å². The van der Waals surface area contributed by atoms with Gasteiger partial charge >= 0.3 is 6.09 Å². The second-order valence-corrected chi connectivity index (χ2v) is 6.92. The monoisotopic (exact) mass is 372 g/mol. The summed E-state index contributed by atoms with van der Waals surface area (Å²) in [5.74, 6) is 0.992. The minimum Gasteiger partial charge on any atom is -0.478 e. The molecule has 122 valence electrons. The highest BCUT2D eigenvalue weighted by Crippen LogP contribution is 2.24. The largest absolute Gasteiger partial charge is 0.478 e. The van der Waals surface area contributed by atoms with E-state index < -0.39 is 5.60 Å². The second-order valence-electron chi connectivity index (χ2n) is 6.11. The van der Waals surface area contributed by atoms with Gasteiger partial charge in [0.2, 0.25) is 0 Å². The van der Waals surface area contributed by atoms with E-state index in [4.69, 9.17) is 9.47 Å². The van der Waals surface area contributed by atoms with Gasteiger partial charge in [-0.05, 0) is 43.1 Å². The predicted molar refractivity (Wildman–Crippen MR) is 86.1 cm³/mol. The van der Waals surface area contributed by atoms with Crippen molar-refractivity contribution in [2.24, 2.45) is 0 Å². The Balaban J connectivity index is 1.95. The van der Waals surface area contributed by atoms with Crippen LogP contribution in [0.2, 0.25) is 0 Å². The molecule has 7 nitrogen and oxygen atoms in total. The third-order valence-electron chi connectivity index (χ3n) is 3.09. The maximum atomic E-state index is 12.0. The third-order valence-corrected chi connectivity index (χ3v) is 3.47. The molecule has 0 aromatic carbocycles. The van der Waals surface area contributed by atoms with Gasteiger partial charge in [-0.2, -0.15) is 0 Å². The first-order valence-electron chi connectivity index (χ1n) is 7.09. The number of amides is 1. The Morgan fingerprint density at radius 2 is 2.23 bits per heavy atom. The lowest BCUT2D eigenvalue weighted by molar-refractivity contribution is 0.0293. The Morgan fingerprint density at radius 1 is 1.50 bits per heavy atom. The number of anilines is 1. The molecule has 1 amide bonds. The zero-order chi connectivity index (χ0) is 16.3. The van der Waals surface area contributed by atoms with Crippen molar-refractivity contribution in [3.05, 3.63) is 10.8 Å². The van der Waals surface area contributed by atoms with Crippen LogP contribution in [0.25, 0.3) is 0 Å². The average molecular weight is 373 g/mol. The van der Waals surface area contributed by atoms with Crippen molar-refractivity contribution in [3.8, 4) is 5.88 Å². The van der Waals surface area contributed by atoms with Gasteiger partial charge in [-0.15, -0.1) is 0 Å². The summed E-state index contributed by atoms with van der Waals surface area (Å²) < 4.78 is 11.2. The molecule has 22 heavy (non-hydrogen) atoms. The summed E-state index contributed by atoms with van der Waals surface area (Å²) in [6.07, 6.45) is 2.14. The van der Waals surface area contributed by atoms with Crippen LogP contribution in [0.4, 0.5) is 10.6 Å². The van der Waals surface area contributed by atoms with Crippen molar-refractivity contribution >= 4 is 27.8 Å². The summed E-state index contributed by atoms with van der Waals surface area (Å²) in [7, 11) is 1.54. The van der Waals surface area contributed by atoms with Gasteiger partial charge in [0, 0.05) is 19.1 Å². The molecule has 0 unspecified atom stereocenters. The van der Waals surface area contributed by atoms with E-state index in [-0.39, 0.29) is 12.1 Å². The molecule has 2 heterocycles. The Kier molecular flexibility index (Phi) is 5.10. The molecule has 1 fully saturated rings. The molecule has 1 aliphatic heterocycles. The second kappa shape index (κ2) is 6.68. The lowest BCUT2D eigenvalue weighted by Gasteiger charge is -2.24. The zero-order valence-corrected chi connectivity index (χ0v) is 14.8. The van der Waals surface area contributed by atoms with E-state index in [0.29, 0.717) is 29.4 Å². The molecule has 0 saturated carbocycles. The SMILES string of the molecule is COc1nc(Br)cnc1N[C@H]1CCN(C(=O)OC(C)(C)C)C1. The Labute approximate surface area is 138 Å². The lowest BCUT2D eigenvalue weighted by atomic mass is 10.2. The number of ether oxygens (including phenoxy) is 2. The van der Waals surface area contributed by atoms with E-state index in [1.165, 1.54) is 0 Å². The molecule has 1 N–H and O–H groups in total. The van der Waals surface area contributed by atoms with Crippen LogP contribution in [0, 0.1) is 0 Å². The molecule has 1 aromatic heterocycles. The minimum absolute atomic E-state index is 0.0943. The molecule has 0 radical (unpaired) electrons. The molecular formula is C14H21BrN4O3. The molecule has 2 rings (SSSR count). The smallest absolute Gasteiger partial charge is 0.410 e. The first-order chi connectivity index (χ1) is 10.3. The first-order valence-corrected chi connectivity index (χ1v) is 7.89. The van der Waals surface area contributed by atoms with Crippen molar-refractivity contribution in [1.82, 2.24) is 14.9 Å². The number of methoxy groups -OCH3 is 1. The normalized spacial score (nSPS) is 18.2. The summed E-state index contributed by atoms with van der Waals surface area (Å²) >= 11 is 3.26. The molecule has 1 aliphatic rings. The van der Waals surface area contributed by atoms with E-state index in [1.807, 2.05) is 20.8 Å².